The summed E-state index contributed by atoms with van der Waals surface area (Å²) in [6, 6.07) is 11.0. The molecule has 0 amide bonds. The van der Waals surface area contributed by atoms with Crippen LogP contribution >= 0.6 is 50.6 Å². The van der Waals surface area contributed by atoms with Gasteiger partial charge >= 0.3 is 0 Å². The van der Waals surface area contributed by atoms with Gasteiger partial charge in [-0.25, -0.2) is 13.1 Å². The molecule has 0 radical (unpaired) electrons. The van der Waals surface area contributed by atoms with Gasteiger partial charge in [0.25, 0.3) is 0 Å². The molecule has 0 saturated carbocycles. The van der Waals surface area contributed by atoms with Crippen molar-refractivity contribution < 1.29 is 8.42 Å². The van der Waals surface area contributed by atoms with Gasteiger partial charge in [-0.3, -0.25) is 0 Å². The minimum absolute atomic E-state index is 0.328. The Morgan fingerprint density at radius 2 is 2.10 bits per heavy atom. The van der Waals surface area contributed by atoms with Crippen molar-refractivity contribution in [1.29, 1.82) is 0 Å². The lowest BCUT2D eigenvalue weighted by molar-refractivity contribution is 0.586. The normalized spacial score (nSPS) is 11.7. The molecule has 0 atom stereocenters. The number of hydrogen-bond acceptors (Lipinski definition) is 4. The van der Waals surface area contributed by atoms with Crippen molar-refractivity contribution in [2.75, 3.05) is 12.3 Å². The molecule has 0 aliphatic heterocycles. The summed E-state index contributed by atoms with van der Waals surface area (Å²) in [5.74, 6) is 1.52. The average molecular weight is 427 g/mol. The fraction of sp³-hybridized carbons (Fsp3) is 0.231. The summed E-state index contributed by atoms with van der Waals surface area (Å²) in [6.07, 6.45) is 0. The number of thiophene rings is 1. The maximum absolute atomic E-state index is 12.0. The Hall–Kier alpha value is -0.0500. The van der Waals surface area contributed by atoms with E-state index in [1.54, 1.807) is 23.9 Å². The summed E-state index contributed by atoms with van der Waals surface area (Å²) in [6.45, 7) is 0.406. The highest BCUT2D eigenvalue weighted by atomic mass is 79.9. The summed E-state index contributed by atoms with van der Waals surface area (Å²) in [5, 5.41) is 0.720. The largest absolute Gasteiger partial charge is 0.250 e. The highest BCUT2D eigenvalue weighted by molar-refractivity contribution is 9.11. The van der Waals surface area contributed by atoms with E-state index in [9.17, 15) is 8.42 Å². The number of thioether (sulfide) groups is 1. The van der Waals surface area contributed by atoms with Crippen LogP contribution in [0.25, 0.3) is 0 Å². The number of halogens is 2. The summed E-state index contributed by atoms with van der Waals surface area (Å²) in [5.41, 5.74) is 1.14. The van der Waals surface area contributed by atoms with Crippen molar-refractivity contribution in [2.24, 2.45) is 0 Å². The summed E-state index contributed by atoms with van der Waals surface area (Å²) < 4.78 is 27.7. The molecule has 2 aromatic rings. The minimum Gasteiger partial charge on any atom is -0.210 e. The number of rotatable bonds is 7. The Morgan fingerprint density at radius 3 is 2.76 bits per heavy atom. The molecule has 0 fully saturated rings. The third-order valence-electron chi connectivity index (χ3n) is 2.51. The Kier molecular flexibility index (Phi) is 6.58. The molecular formula is C13H13BrClNO2S3. The first-order valence-corrected chi connectivity index (χ1v) is 10.7. The molecule has 1 N–H and O–H groups in total. The van der Waals surface area contributed by atoms with Crippen LogP contribution in [-0.4, -0.2) is 20.7 Å². The predicted octanol–water partition coefficient (Wildman–Crippen LogP) is 4.38. The van der Waals surface area contributed by atoms with E-state index in [-0.39, 0.29) is 0 Å². The van der Waals surface area contributed by atoms with Crippen molar-refractivity contribution in [3.05, 3.63) is 50.8 Å². The van der Waals surface area contributed by atoms with Gasteiger partial charge in [0.15, 0.2) is 0 Å². The van der Waals surface area contributed by atoms with Crippen LogP contribution in [0.3, 0.4) is 0 Å². The van der Waals surface area contributed by atoms with Crippen LogP contribution in [-0.2, 0) is 15.8 Å². The third-order valence-corrected chi connectivity index (χ3v) is 7.35. The van der Waals surface area contributed by atoms with Gasteiger partial charge in [-0.2, -0.15) is 11.8 Å². The SMILES string of the molecule is O=S(=O)(NCCSCc1cccc(Cl)c1)c1ccc(Br)s1. The highest BCUT2D eigenvalue weighted by Gasteiger charge is 2.15. The Bertz CT molecular complexity index is 703. The fourth-order valence-corrected chi connectivity index (χ4v) is 5.81. The van der Waals surface area contributed by atoms with Crippen molar-refractivity contribution in [1.82, 2.24) is 4.72 Å². The van der Waals surface area contributed by atoms with E-state index >= 15 is 0 Å². The van der Waals surface area contributed by atoms with E-state index in [0.29, 0.717) is 16.5 Å². The van der Waals surface area contributed by atoms with E-state index < -0.39 is 10.0 Å². The van der Waals surface area contributed by atoms with Gasteiger partial charge in [0.2, 0.25) is 10.0 Å². The summed E-state index contributed by atoms with van der Waals surface area (Å²) in [4.78, 5) is 0. The van der Waals surface area contributed by atoms with Crippen LogP contribution in [0, 0.1) is 0 Å². The Labute approximate surface area is 146 Å². The molecule has 1 aromatic heterocycles. The van der Waals surface area contributed by atoms with Gasteiger partial charge in [-0.15, -0.1) is 11.3 Å². The molecule has 0 unspecified atom stereocenters. The number of hydrogen-bond donors (Lipinski definition) is 1. The van der Waals surface area contributed by atoms with Crippen molar-refractivity contribution in [3.8, 4) is 0 Å². The molecule has 0 spiro atoms. The van der Waals surface area contributed by atoms with Gasteiger partial charge in [-0.1, -0.05) is 23.7 Å². The van der Waals surface area contributed by atoms with E-state index in [1.807, 2.05) is 24.3 Å². The minimum atomic E-state index is -3.39. The molecule has 21 heavy (non-hydrogen) atoms. The van der Waals surface area contributed by atoms with Crippen molar-refractivity contribution in [2.45, 2.75) is 9.96 Å². The Morgan fingerprint density at radius 1 is 1.29 bits per heavy atom. The van der Waals surface area contributed by atoms with Gasteiger partial charge in [0.1, 0.15) is 4.21 Å². The van der Waals surface area contributed by atoms with Crippen LogP contribution in [0.5, 0.6) is 0 Å². The first-order chi connectivity index (χ1) is 9.97. The predicted molar refractivity (Wildman–Crippen MR) is 94.8 cm³/mol. The van der Waals surface area contributed by atoms with E-state index in [1.165, 1.54) is 11.3 Å². The highest BCUT2D eigenvalue weighted by Crippen LogP contribution is 2.25. The van der Waals surface area contributed by atoms with Gasteiger partial charge in [0, 0.05) is 23.1 Å². The van der Waals surface area contributed by atoms with Gasteiger partial charge in [0.05, 0.1) is 3.79 Å². The first kappa shape index (κ1) is 17.3. The lowest BCUT2D eigenvalue weighted by Crippen LogP contribution is -2.25. The van der Waals surface area contributed by atoms with Crippen LogP contribution in [0.1, 0.15) is 5.56 Å². The van der Waals surface area contributed by atoms with E-state index in [4.69, 9.17) is 11.6 Å². The Balaban J connectivity index is 1.75. The quantitative estimate of drug-likeness (QED) is 0.668. The molecule has 0 aliphatic carbocycles. The molecular weight excluding hydrogens is 414 g/mol. The summed E-state index contributed by atoms with van der Waals surface area (Å²) in [7, 11) is -3.39. The molecule has 0 aliphatic rings. The molecule has 1 aromatic carbocycles. The monoisotopic (exact) mass is 425 g/mol. The second-order valence-corrected chi connectivity index (χ2v) is 10.1. The van der Waals surface area contributed by atoms with Crippen LogP contribution in [0.15, 0.2) is 44.4 Å². The van der Waals surface area contributed by atoms with Gasteiger partial charge in [-0.05, 0) is 45.8 Å². The van der Waals surface area contributed by atoms with Crippen molar-refractivity contribution >= 4 is 60.7 Å². The molecule has 2 rings (SSSR count). The first-order valence-electron chi connectivity index (χ1n) is 6.04. The molecule has 114 valence electrons. The standard InChI is InChI=1S/C13H13BrClNO2S3/c14-12-4-5-13(20-12)21(17,18)16-6-7-19-9-10-2-1-3-11(15)8-10/h1-5,8,16H,6-7,9H2. The maximum Gasteiger partial charge on any atom is 0.250 e. The van der Waals surface area contributed by atoms with Crippen LogP contribution < -0.4 is 4.72 Å². The average Bonchev–Trinajstić information content (AvgIpc) is 2.86. The van der Waals surface area contributed by atoms with Crippen LogP contribution in [0.2, 0.25) is 5.02 Å². The van der Waals surface area contributed by atoms with Crippen LogP contribution in [0.4, 0.5) is 0 Å². The van der Waals surface area contributed by atoms with Gasteiger partial charge < -0.3 is 0 Å². The molecule has 0 bridgehead atoms. The molecule has 3 nitrogen and oxygen atoms in total. The van der Waals surface area contributed by atoms with E-state index in [2.05, 4.69) is 20.7 Å². The lowest BCUT2D eigenvalue weighted by atomic mass is 10.2. The van der Waals surface area contributed by atoms with E-state index in [0.717, 1.165) is 20.1 Å². The zero-order valence-corrected chi connectivity index (χ0v) is 15.7. The third kappa shape index (κ3) is 5.58. The smallest absolute Gasteiger partial charge is 0.210 e. The zero-order valence-electron chi connectivity index (χ0n) is 10.9. The molecule has 0 saturated heterocycles. The summed E-state index contributed by atoms with van der Waals surface area (Å²) >= 11 is 12.0. The number of sulfonamides is 1. The second kappa shape index (κ2) is 7.99. The lowest BCUT2D eigenvalue weighted by Gasteiger charge is -2.05. The maximum atomic E-state index is 12.0. The fourth-order valence-electron chi connectivity index (χ4n) is 1.58. The number of benzene rings is 1. The topological polar surface area (TPSA) is 46.2 Å². The van der Waals surface area contributed by atoms with Crippen molar-refractivity contribution in [3.63, 3.8) is 0 Å². The molecule has 8 heteroatoms. The zero-order chi connectivity index (χ0) is 15.3. The second-order valence-electron chi connectivity index (χ2n) is 4.14. The molecule has 1 heterocycles. The number of nitrogens with one attached hydrogen (secondary N) is 1.